The molecule has 1 aromatic heterocycles. The molecular formula is C19H16F3N2O6S-. The van der Waals surface area contributed by atoms with Crippen molar-refractivity contribution >= 4 is 26.3 Å². The quantitative estimate of drug-likeness (QED) is 0.565. The lowest BCUT2D eigenvalue weighted by atomic mass is 10.1. The molecule has 0 aliphatic rings. The molecular weight excluding hydrogens is 441 g/mol. The van der Waals surface area contributed by atoms with Gasteiger partial charge in [0.1, 0.15) is 5.75 Å². The molecule has 8 nitrogen and oxygen atoms in total. The van der Waals surface area contributed by atoms with Gasteiger partial charge in [0.05, 0.1) is 28.3 Å². The Morgan fingerprint density at radius 2 is 1.87 bits per heavy atom. The Kier molecular flexibility index (Phi) is 5.98. The molecule has 0 unspecified atom stereocenters. The van der Waals surface area contributed by atoms with Crippen LogP contribution in [0.1, 0.15) is 12.5 Å². The minimum absolute atomic E-state index is 0.0541. The summed E-state index contributed by atoms with van der Waals surface area (Å²) in [4.78, 5) is 12.7. The van der Waals surface area contributed by atoms with Crippen molar-refractivity contribution in [1.29, 1.82) is 0 Å². The summed E-state index contributed by atoms with van der Waals surface area (Å²) in [5.41, 5.74) is -0.892. The van der Waals surface area contributed by atoms with Crippen LogP contribution in [-0.4, -0.2) is 30.3 Å². The Bertz CT molecular complexity index is 1290. The second-order valence-corrected chi connectivity index (χ2v) is 8.76. The van der Waals surface area contributed by atoms with Gasteiger partial charge in [-0.05, 0) is 47.3 Å². The second-order valence-electron chi connectivity index (χ2n) is 6.51. The van der Waals surface area contributed by atoms with Gasteiger partial charge in [-0.3, -0.25) is 10.0 Å². The standard InChI is InChI=1S/C19H16F3N2O6S/c1-2-31(28,29)17-6-4-14(24(26)27)9-13(17)11-23-8-7-12-3-5-15(30-19(20,21)22)10-16(12)18(23)25/h3-10,26H,2,11H2,1H3/q-1. The molecule has 0 atom stereocenters. The minimum Gasteiger partial charge on any atom is -0.733 e. The van der Waals surface area contributed by atoms with Crippen molar-refractivity contribution in [3.05, 3.63) is 69.8 Å². The Morgan fingerprint density at radius 1 is 1.16 bits per heavy atom. The average Bonchev–Trinajstić information content (AvgIpc) is 2.69. The summed E-state index contributed by atoms with van der Waals surface area (Å²) in [6.45, 7) is 1.11. The Balaban J connectivity index is 2.12. The molecule has 0 radical (unpaired) electrons. The maximum Gasteiger partial charge on any atom is 0.573 e. The van der Waals surface area contributed by atoms with Crippen LogP contribution >= 0.6 is 0 Å². The maximum atomic E-state index is 12.9. The van der Waals surface area contributed by atoms with E-state index in [1.54, 1.807) is 0 Å². The van der Waals surface area contributed by atoms with Crippen LogP contribution in [0.15, 0.2) is 58.4 Å². The van der Waals surface area contributed by atoms with E-state index >= 15 is 0 Å². The normalized spacial score (nSPS) is 12.2. The lowest BCUT2D eigenvalue weighted by Gasteiger charge is -2.23. The number of ether oxygens (including phenoxy) is 1. The van der Waals surface area contributed by atoms with Crippen LogP contribution < -0.4 is 15.5 Å². The molecule has 0 saturated heterocycles. The summed E-state index contributed by atoms with van der Waals surface area (Å²) in [5.74, 6) is -0.821. The van der Waals surface area contributed by atoms with Gasteiger partial charge in [-0.1, -0.05) is 13.0 Å². The molecule has 0 amide bonds. The number of halogens is 3. The highest BCUT2D eigenvalue weighted by molar-refractivity contribution is 7.91. The van der Waals surface area contributed by atoms with Crippen LogP contribution in [0.5, 0.6) is 5.75 Å². The van der Waals surface area contributed by atoms with E-state index < -0.39 is 32.7 Å². The molecule has 0 aliphatic carbocycles. The number of hydrogen-bond acceptors (Lipinski definition) is 7. The zero-order valence-electron chi connectivity index (χ0n) is 16.0. The van der Waals surface area contributed by atoms with Crippen molar-refractivity contribution < 1.29 is 31.5 Å². The van der Waals surface area contributed by atoms with Gasteiger partial charge in [0.25, 0.3) is 5.56 Å². The van der Waals surface area contributed by atoms with E-state index in [-0.39, 0.29) is 33.8 Å². The van der Waals surface area contributed by atoms with Gasteiger partial charge in [-0.2, -0.15) is 0 Å². The summed E-state index contributed by atoms with van der Waals surface area (Å²) in [7, 11) is -3.74. The SMILES string of the molecule is CCS(=O)(=O)c1ccc(N([O-])O)cc1Cn1ccc2ccc(OC(F)(F)F)cc2c1=O. The topological polar surface area (TPSA) is 112 Å². The summed E-state index contributed by atoms with van der Waals surface area (Å²) in [6.07, 6.45) is -3.59. The Morgan fingerprint density at radius 3 is 2.48 bits per heavy atom. The molecule has 0 bridgehead atoms. The van der Waals surface area contributed by atoms with E-state index in [0.717, 1.165) is 34.9 Å². The lowest BCUT2D eigenvalue weighted by Crippen LogP contribution is -2.22. The van der Waals surface area contributed by atoms with E-state index in [4.69, 9.17) is 5.21 Å². The molecule has 1 N–H and O–H groups in total. The number of sulfone groups is 1. The predicted octanol–water partition coefficient (Wildman–Crippen LogP) is 3.44. The van der Waals surface area contributed by atoms with E-state index in [1.807, 2.05) is 0 Å². The smallest absolute Gasteiger partial charge is 0.573 e. The van der Waals surface area contributed by atoms with Gasteiger partial charge in [-0.25, -0.2) is 8.42 Å². The van der Waals surface area contributed by atoms with Crippen LogP contribution in [0.2, 0.25) is 0 Å². The van der Waals surface area contributed by atoms with Crippen molar-refractivity contribution in [1.82, 2.24) is 4.57 Å². The molecule has 1 heterocycles. The van der Waals surface area contributed by atoms with Gasteiger partial charge in [0, 0.05) is 6.20 Å². The number of nitrogens with zero attached hydrogens (tertiary/aromatic N) is 2. The number of aromatic nitrogens is 1. The Labute approximate surface area is 174 Å². The Hall–Kier alpha value is -3.09. The molecule has 31 heavy (non-hydrogen) atoms. The fourth-order valence-corrected chi connectivity index (χ4v) is 4.14. The van der Waals surface area contributed by atoms with Crippen molar-refractivity contribution in [2.75, 3.05) is 11.0 Å². The van der Waals surface area contributed by atoms with Crippen molar-refractivity contribution in [3.63, 3.8) is 0 Å². The molecule has 0 spiro atoms. The van der Waals surface area contributed by atoms with E-state index in [0.29, 0.717) is 5.39 Å². The summed E-state index contributed by atoms with van der Waals surface area (Å²) >= 11 is 0. The molecule has 3 aromatic rings. The van der Waals surface area contributed by atoms with Gasteiger partial charge < -0.3 is 19.7 Å². The molecule has 2 aromatic carbocycles. The van der Waals surface area contributed by atoms with Gasteiger partial charge in [0.2, 0.25) is 0 Å². The minimum atomic E-state index is -4.93. The fourth-order valence-electron chi connectivity index (χ4n) is 3.03. The fraction of sp³-hybridized carbons (Fsp3) is 0.211. The third-order valence-corrected chi connectivity index (χ3v) is 6.33. The molecule has 0 fully saturated rings. The van der Waals surface area contributed by atoms with Crippen LogP contribution in [0.25, 0.3) is 10.8 Å². The van der Waals surface area contributed by atoms with Crippen LogP contribution in [0, 0.1) is 5.21 Å². The van der Waals surface area contributed by atoms with Crippen LogP contribution in [0.3, 0.4) is 0 Å². The monoisotopic (exact) mass is 457 g/mol. The largest absolute Gasteiger partial charge is 0.733 e. The van der Waals surface area contributed by atoms with E-state index in [2.05, 4.69) is 4.74 Å². The van der Waals surface area contributed by atoms with Gasteiger partial charge in [-0.15, -0.1) is 13.2 Å². The lowest BCUT2D eigenvalue weighted by molar-refractivity contribution is -0.274. The summed E-state index contributed by atoms with van der Waals surface area (Å²) < 4.78 is 67.2. The average molecular weight is 457 g/mol. The van der Waals surface area contributed by atoms with Crippen molar-refractivity contribution in [2.45, 2.75) is 24.7 Å². The number of rotatable bonds is 6. The first-order chi connectivity index (χ1) is 14.4. The molecule has 12 heteroatoms. The number of benzene rings is 2. The summed E-state index contributed by atoms with van der Waals surface area (Å²) in [6, 6.07) is 8.15. The number of fused-ring (bicyclic) bond motifs is 1. The van der Waals surface area contributed by atoms with Gasteiger partial charge in [0.15, 0.2) is 9.84 Å². The third-order valence-electron chi connectivity index (χ3n) is 4.50. The highest BCUT2D eigenvalue weighted by Gasteiger charge is 2.31. The van der Waals surface area contributed by atoms with E-state index in [9.17, 15) is 31.6 Å². The van der Waals surface area contributed by atoms with E-state index in [1.165, 1.54) is 25.3 Å². The zero-order valence-corrected chi connectivity index (χ0v) is 16.8. The molecule has 0 saturated carbocycles. The zero-order chi connectivity index (χ0) is 23.0. The molecule has 166 valence electrons. The van der Waals surface area contributed by atoms with Crippen LogP contribution in [-0.2, 0) is 16.4 Å². The maximum absolute atomic E-state index is 12.9. The molecule has 0 aliphatic heterocycles. The predicted molar refractivity (Wildman–Crippen MR) is 106 cm³/mol. The van der Waals surface area contributed by atoms with Crippen molar-refractivity contribution in [2.24, 2.45) is 0 Å². The molecule has 3 rings (SSSR count). The second kappa shape index (κ2) is 8.21. The number of anilines is 1. The third kappa shape index (κ3) is 4.98. The first kappa shape index (κ1) is 22.6. The first-order valence-corrected chi connectivity index (χ1v) is 10.5. The number of pyridine rings is 1. The van der Waals surface area contributed by atoms with Crippen LogP contribution in [0.4, 0.5) is 18.9 Å². The highest BCUT2D eigenvalue weighted by atomic mass is 32.2. The van der Waals surface area contributed by atoms with Gasteiger partial charge >= 0.3 is 6.36 Å². The first-order valence-electron chi connectivity index (χ1n) is 8.82. The highest BCUT2D eigenvalue weighted by Crippen LogP contribution is 2.26. The van der Waals surface area contributed by atoms with Crippen molar-refractivity contribution in [3.8, 4) is 5.75 Å². The number of hydrogen-bond donors (Lipinski definition) is 1. The number of alkyl halides is 3. The summed E-state index contributed by atoms with van der Waals surface area (Å²) in [5, 5.41) is 20.2.